The average Bonchev–Trinajstić information content (AvgIpc) is 3.07. The fourth-order valence-corrected chi connectivity index (χ4v) is 7.95. The Kier molecular flexibility index (Phi) is 7.83. The van der Waals surface area contributed by atoms with Crippen LogP contribution in [0.5, 0.6) is 0 Å². The lowest BCUT2D eigenvalue weighted by Gasteiger charge is -2.62. The van der Waals surface area contributed by atoms with Crippen molar-refractivity contribution in [2.75, 3.05) is 13.2 Å². The van der Waals surface area contributed by atoms with E-state index in [9.17, 15) is 29.7 Å². The second-order valence-corrected chi connectivity index (χ2v) is 12.5. The maximum atomic E-state index is 17.4. The van der Waals surface area contributed by atoms with E-state index in [4.69, 9.17) is 4.74 Å². The molecule has 0 bridgehead atoms. The molecular formula is C27H38FN3O7S. The molecule has 0 aliphatic heterocycles. The Bertz CT molecular complexity index is 1140. The molecule has 3 fully saturated rings. The lowest BCUT2D eigenvalue weighted by atomic mass is 9.44. The summed E-state index contributed by atoms with van der Waals surface area (Å²) in [4.78, 5) is 36.3. The first-order valence-corrected chi connectivity index (χ1v) is 13.8. The minimum absolute atomic E-state index is 0.119. The molecule has 4 rings (SSSR count). The number of rotatable bonds is 6. The number of ketones is 1. The summed E-state index contributed by atoms with van der Waals surface area (Å²) in [6.07, 6.45) is 3.88. The van der Waals surface area contributed by atoms with E-state index in [0.29, 0.717) is 25.0 Å². The molecule has 5 N–H and O–H groups in total. The van der Waals surface area contributed by atoms with Gasteiger partial charge in [0.15, 0.2) is 11.5 Å². The molecule has 216 valence electrons. The van der Waals surface area contributed by atoms with Crippen molar-refractivity contribution >= 4 is 36.1 Å². The Hall–Kier alpha value is -2.28. The first kappa shape index (κ1) is 29.7. The summed E-state index contributed by atoms with van der Waals surface area (Å²) in [7, 11) is 0. The van der Waals surface area contributed by atoms with Crippen LogP contribution in [0.2, 0.25) is 0 Å². The van der Waals surface area contributed by atoms with Crippen LogP contribution in [0.15, 0.2) is 28.9 Å². The number of alkyl halides is 1. The predicted octanol–water partition coefficient (Wildman–Crippen LogP) is 1.80. The number of thiol groups is 1. The number of nitrogens with zero attached hydrogens (tertiary/aromatic N) is 1. The summed E-state index contributed by atoms with van der Waals surface area (Å²) in [5.41, 5.74) is -3.32. The number of amides is 2. The van der Waals surface area contributed by atoms with Crippen LogP contribution < -0.4 is 10.7 Å². The van der Waals surface area contributed by atoms with Crippen molar-refractivity contribution in [1.29, 1.82) is 0 Å². The minimum Gasteiger partial charge on any atom is -0.436 e. The number of hydrogen-bond acceptors (Lipinski definition) is 9. The number of aliphatic hydroxyl groups is 3. The van der Waals surface area contributed by atoms with Gasteiger partial charge < -0.3 is 25.4 Å². The van der Waals surface area contributed by atoms with Gasteiger partial charge in [-0.25, -0.2) is 14.6 Å². The SMILES string of the molecule is CC(S)OC(=O)NCC(=O)N/N=C1\C=C[C@@]2(C)C(=C1)CC[C@H]1[C@@H]3C[C@@H](C)[C@](O)(C(=O)CO)[C@@]3(C)CC(O)[C@@]12F. The van der Waals surface area contributed by atoms with E-state index in [2.05, 4.69) is 28.5 Å². The molecule has 0 aromatic carbocycles. The lowest BCUT2D eigenvalue weighted by Crippen LogP contribution is -2.69. The molecule has 0 aromatic heterocycles. The molecule has 9 atom stereocenters. The molecule has 0 spiro atoms. The molecule has 2 unspecified atom stereocenters. The third-order valence-electron chi connectivity index (χ3n) is 9.78. The molecule has 10 nitrogen and oxygen atoms in total. The number of aliphatic hydroxyl groups excluding tert-OH is 2. The minimum atomic E-state index is -2.06. The van der Waals surface area contributed by atoms with Gasteiger partial charge in [-0.2, -0.15) is 5.10 Å². The van der Waals surface area contributed by atoms with Crippen LogP contribution in [0.25, 0.3) is 0 Å². The summed E-state index contributed by atoms with van der Waals surface area (Å²) in [5, 5.41) is 38.9. The van der Waals surface area contributed by atoms with Gasteiger partial charge in [0.1, 0.15) is 24.2 Å². The van der Waals surface area contributed by atoms with Gasteiger partial charge in [-0.1, -0.05) is 25.5 Å². The van der Waals surface area contributed by atoms with E-state index in [-0.39, 0.29) is 18.9 Å². The Labute approximate surface area is 232 Å². The van der Waals surface area contributed by atoms with Gasteiger partial charge in [0.2, 0.25) is 0 Å². The number of Topliss-reactive ketones (excluding diaryl/α,β-unsaturated/α-hetero) is 1. The van der Waals surface area contributed by atoms with E-state index in [1.165, 1.54) is 0 Å². The van der Waals surface area contributed by atoms with Crippen LogP contribution in [0.4, 0.5) is 9.18 Å². The van der Waals surface area contributed by atoms with E-state index in [0.717, 1.165) is 5.57 Å². The van der Waals surface area contributed by atoms with Crippen LogP contribution in [-0.4, -0.2) is 74.8 Å². The Balaban J connectivity index is 1.54. The number of allylic oxidation sites excluding steroid dienone is 4. The zero-order chi connectivity index (χ0) is 29.0. The Morgan fingerprint density at radius 1 is 1.31 bits per heavy atom. The normalized spacial score (nSPS) is 42.5. The van der Waals surface area contributed by atoms with Crippen LogP contribution >= 0.6 is 12.6 Å². The van der Waals surface area contributed by atoms with Gasteiger partial charge >= 0.3 is 6.09 Å². The molecule has 12 heteroatoms. The topological polar surface area (TPSA) is 158 Å². The van der Waals surface area contributed by atoms with Crippen LogP contribution in [-0.2, 0) is 14.3 Å². The lowest BCUT2D eigenvalue weighted by molar-refractivity contribution is -0.219. The predicted molar refractivity (Wildman–Crippen MR) is 143 cm³/mol. The monoisotopic (exact) mass is 567 g/mol. The maximum Gasteiger partial charge on any atom is 0.408 e. The number of nitrogens with one attached hydrogen (secondary N) is 2. The molecule has 4 aliphatic rings. The third-order valence-corrected chi connectivity index (χ3v) is 9.89. The van der Waals surface area contributed by atoms with Crippen LogP contribution in [0, 0.1) is 28.6 Å². The fourth-order valence-electron chi connectivity index (χ4n) is 7.86. The second-order valence-electron chi connectivity index (χ2n) is 11.8. The molecule has 39 heavy (non-hydrogen) atoms. The van der Waals surface area contributed by atoms with Crippen molar-refractivity contribution in [3.05, 3.63) is 23.8 Å². The number of carbonyl (C=O) groups is 3. The van der Waals surface area contributed by atoms with Gasteiger partial charge in [-0.3, -0.25) is 9.59 Å². The second kappa shape index (κ2) is 10.3. The number of carbonyl (C=O) groups excluding carboxylic acids is 3. The van der Waals surface area contributed by atoms with Gasteiger partial charge in [0.25, 0.3) is 5.91 Å². The van der Waals surface area contributed by atoms with E-state index >= 15 is 4.39 Å². The van der Waals surface area contributed by atoms with Crippen molar-refractivity contribution in [1.82, 2.24) is 10.7 Å². The molecular weight excluding hydrogens is 529 g/mol. The summed E-state index contributed by atoms with van der Waals surface area (Å²) in [6.45, 7) is 5.60. The number of alkyl carbamates (subject to hydrolysis) is 1. The van der Waals surface area contributed by atoms with Gasteiger partial charge in [-0.05, 0) is 63.5 Å². The highest BCUT2D eigenvalue weighted by atomic mass is 32.1. The van der Waals surface area contributed by atoms with Crippen molar-refractivity contribution in [3.63, 3.8) is 0 Å². The Morgan fingerprint density at radius 3 is 2.64 bits per heavy atom. The van der Waals surface area contributed by atoms with Crippen molar-refractivity contribution in [2.24, 2.45) is 33.7 Å². The largest absolute Gasteiger partial charge is 0.436 e. The summed E-state index contributed by atoms with van der Waals surface area (Å²) >= 11 is 3.93. The van der Waals surface area contributed by atoms with Gasteiger partial charge in [0.05, 0.1) is 11.8 Å². The third kappa shape index (κ3) is 4.43. The molecule has 2 amide bonds. The highest BCUT2D eigenvalue weighted by molar-refractivity contribution is 7.80. The molecule has 0 saturated heterocycles. The molecule has 0 radical (unpaired) electrons. The highest BCUT2D eigenvalue weighted by Crippen LogP contribution is 2.70. The molecule has 0 heterocycles. The molecule has 3 saturated carbocycles. The van der Waals surface area contributed by atoms with E-state index in [1.807, 2.05) is 0 Å². The molecule has 0 aromatic rings. The fraction of sp³-hybridized carbons (Fsp3) is 0.704. The highest BCUT2D eigenvalue weighted by Gasteiger charge is 2.75. The van der Waals surface area contributed by atoms with Crippen molar-refractivity contribution in [2.45, 2.75) is 76.2 Å². The zero-order valence-electron chi connectivity index (χ0n) is 22.6. The van der Waals surface area contributed by atoms with Crippen LogP contribution in [0.3, 0.4) is 0 Å². The quantitative estimate of drug-likeness (QED) is 0.162. The van der Waals surface area contributed by atoms with Crippen molar-refractivity contribution in [3.8, 4) is 0 Å². The maximum absolute atomic E-state index is 17.4. The molecule has 4 aliphatic carbocycles. The van der Waals surface area contributed by atoms with Crippen LogP contribution in [0.1, 0.15) is 53.4 Å². The number of hydrazone groups is 1. The zero-order valence-corrected chi connectivity index (χ0v) is 23.5. The summed E-state index contributed by atoms with van der Waals surface area (Å²) < 4.78 is 22.2. The first-order chi connectivity index (χ1) is 18.1. The van der Waals surface area contributed by atoms with Gasteiger partial charge in [-0.15, -0.1) is 12.6 Å². The number of halogens is 1. The number of ether oxygens (including phenoxy) is 1. The van der Waals surface area contributed by atoms with Gasteiger partial charge in [0, 0.05) is 16.7 Å². The number of fused-ring (bicyclic) bond motifs is 5. The van der Waals surface area contributed by atoms with E-state index in [1.54, 1.807) is 45.9 Å². The number of hydrogen-bond donors (Lipinski definition) is 6. The standard InChI is InChI=1S/C27H38FN3O7S/c1-14-9-19-18-6-5-16-10-17(30-31-22(35)12-29-23(36)38-15(2)39)7-8-24(16,3)26(18,28)20(33)11-25(19,4)27(14,37)21(34)13-32/h7-8,10,14-15,18-20,32-33,37,39H,5-6,9,11-13H2,1-4H3,(H,29,36)(H,31,35)/b30-17+/t14-,15?,18+,19+,20?,24+,25+,26+,27+/m1/s1. The smallest absolute Gasteiger partial charge is 0.408 e. The van der Waals surface area contributed by atoms with Crippen molar-refractivity contribution < 1.29 is 38.8 Å². The summed E-state index contributed by atoms with van der Waals surface area (Å²) in [6, 6.07) is 0. The Morgan fingerprint density at radius 2 is 2.00 bits per heavy atom. The van der Waals surface area contributed by atoms with E-state index < -0.39 is 69.9 Å². The first-order valence-electron chi connectivity index (χ1n) is 13.3. The summed E-state index contributed by atoms with van der Waals surface area (Å²) in [5.74, 6) is -2.75. The average molecular weight is 568 g/mol.